The fraction of sp³-hybridized carbons (Fsp3) is 0.385. The van der Waals surface area contributed by atoms with E-state index in [1.165, 1.54) is 0 Å². The van der Waals surface area contributed by atoms with Gasteiger partial charge in [0, 0.05) is 23.7 Å². The molecule has 5 rings (SSSR count). The SMILES string of the molecule is Cc1cc(-c2cnc3c(NCC(C)(C)O)cc(-c4c(C)noc4C)nn23)ccc1C(=O)NC1CC1. The van der Waals surface area contributed by atoms with Crippen LogP contribution in [0, 0.1) is 20.8 Å². The molecular weight excluding hydrogens is 444 g/mol. The molecule has 1 aliphatic rings. The van der Waals surface area contributed by atoms with Crippen LogP contribution >= 0.6 is 0 Å². The van der Waals surface area contributed by atoms with Crippen LogP contribution in [0.4, 0.5) is 5.69 Å². The van der Waals surface area contributed by atoms with Crippen molar-refractivity contribution < 1.29 is 14.4 Å². The van der Waals surface area contributed by atoms with E-state index in [1.807, 2.05) is 45.0 Å². The van der Waals surface area contributed by atoms with E-state index in [-0.39, 0.29) is 5.91 Å². The van der Waals surface area contributed by atoms with Gasteiger partial charge in [-0.2, -0.15) is 5.10 Å². The first-order chi connectivity index (χ1) is 16.6. The number of hydrogen-bond donors (Lipinski definition) is 3. The van der Waals surface area contributed by atoms with Crippen LogP contribution in [0.3, 0.4) is 0 Å². The molecule has 0 spiro atoms. The zero-order valence-corrected chi connectivity index (χ0v) is 20.6. The van der Waals surface area contributed by atoms with E-state index in [0.29, 0.717) is 35.3 Å². The van der Waals surface area contributed by atoms with Crippen LogP contribution in [-0.4, -0.2) is 49.0 Å². The average molecular weight is 475 g/mol. The number of nitrogens with one attached hydrogen (secondary N) is 2. The maximum atomic E-state index is 12.6. The van der Waals surface area contributed by atoms with Gasteiger partial charge in [0.15, 0.2) is 5.65 Å². The summed E-state index contributed by atoms with van der Waals surface area (Å²) in [6.07, 6.45) is 3.87. The van der Waals surface area contributed by atoms with Gasteiger partial charge in [0.05, 0.1) is 40.1 Å². The Balaban J connectivity index is 1.60. The molecule has 35 heavy (non-hydrogen) atoms. The van der Waals surface area contributed by atoms with Crippen LogP contribution in [0.15, 0.2) is 35.0 Å². The molecule has 3 heterocycles. The molecule has 1 aromatic carbocycles. The minimum absolute atomic E-state index is 0.0355. The van der Waals surface area contributed by atoms with Crippen molar-refractivity contribution in [3.63, 3.8) is 0 Å². The molecule has 182 valence electrons. The largest absolute Gasteiger partial charge is 0.389 e. The van der Waals surface area contributed by atoms with Crippen molar-refractivity contribution in [2.24, 2.45) is 0 Å². The highest BCUT2D eigenvalue weighted by Gasteiger charge is 2.25. The van der Waals surface area contributed by atoms with Crippen molar-refractivity contribution in [2.75, 3.05) is 11.9 Å². The third-order valence-corrected chi connectivity index (χ3v) is 6.15. The Morgan fingerprint density at radius 2 is 2.00 bits per heavy atom. The average Bonchev–Trinajstić information content (AvgIpc) is 3.39. The van der Waals surface area contributed by atoms with Crippen LogP contribution in [0.5, 0.6) is 0 Å². The van der Waals surface area contributed by atoms with Crippen molar-refractivity contribution in [1.82, 2.24) is 25.1 Å². The fourth-order valence-electron chi connectivity index (χ4n) is 4.15. The van der Waals surface area contributed by atoms with Gasteiger partial charge in [0.25, 0.3) is 5.91 Å². The summed E-state index contributed by atoms with van der Waals surface area (Å²) in [5.74, 6) is 0.637. The molecule has 0 bridgehead atoms. The zero-order chi connectivity index (χ0) is 24.9. The molecule has 4 aromatic rings. The summed E-state index contributed by atoms with van der Waals surface area (Å²) >= 11 is 0. The highest BCUT2D eigenvalue weighted by Crippen LogP contribution is 2.32. The Bertz CT molecular complexity index is 1410. The molecule has 9 heteroatoms. The normalized spacial score (nSPS) is 13.9. The van der Waals surface area contributed by atoms with E-state index in [1.54, 1.807) is 24.6 Å². The topological polar surface area (TPSA) is 118 Å². The number of carbonyl (C=O) groups is 1. The number of hydrogen-bond acceptors (Lipinski definition) is 7. The summed E-state index contributed by atoms with van der Waals surface area (Å²) < 4.78 is 7.17. The van der Waals surface area contributed by atoms with Crippen LogP contribution in [0.2, 0.25) is 0 Å². The quantitative estimate of drug-likeness (QED) is 0.370. The van der Waals surface area contributed by atoms with Crippen LogP contribution in [0.25, 0.3) is 28.2 Å². The number of imidazole rings is 1. The highest BCUT2D eigenvalue weighted by atomic mass is 16.5. The van der Waals surface area contributed by atoms with Gasteiger partial charge in [-0.1, -0.05) is 11.2 Å². The lowest BCUT2D eigenvalue weighted by Crippen LogP contribution is -2.29. The molecule has 0 unspecified atom stereocenters. The van der Waals surface area contributed by atoms with Crippen molar-refractivity contribution in [2.45, 2.75) is 59.1 Å². The second-order valence-electron chi connectivity index (χ2n) is 9.96. The standard InChI is InChI=1S/C26H30N6O3/c1-14-10-17(6-9-19(14)25(33)29-18-7-8-18)22-12-27-24-21(28-13-26(4,5)34)11-20(30-32(22)24)23-15(2)31-35-16(23)3/h6,9-12,18,28,34H,7-8,13H2,1-5H3,(H,29,33). The first-order valence-corrected chi connectivity index (χ1v) is 11.8. The summed E-state index contributed by atoms with van der Waals surface area (Å²) in [7, 11) is 0. The number of aryl methyl sites for hydroxylation is 3. The number of benzene rings is 1. The molecule has 0 saturated heterocycles. The number of anilines is 1. The first kappa shape index (κ1) is 23.0. The molecule has 3 N–H and O–H groups in total. The second kappa shape index (κ2) is 8.49. The molecule has 1 saturated carbocycles. The van der Waals surface area contributed by atoms with Crippen LogP contribution in [0.1, 0.15) is 54.1 Å². The van der Waals surface area contributed by atoms with Gasteiger partial charge >= 0.3 is 0 Å². The molecule has 0 atom stereocenters. The number of aliphatic hydroxyl groups is 1. The van der Waals surface area contributed by atoms with Crippen molar-refractivity contribution in [3.05, 3.63) is 53.0 Å². The van der Waals surface area contributed by atoms with Crippen molar-refractivity contribution >= 4 is 17.2 Å². The highest BCUT2D eigenvalue weighted by molar-refractivity contribution is 5.96. The number of fused-ring (bicyclic) bond motifs is 1. The van der Waals surface area contributed by atoms with Crippen molar-refractivity contribution in [1.29, 1.82) is 0 Å². The summed E-state index contributed by atoms with van der Waals surface area (Å²) in [5, 5.41) is 25.6. The second-order valence-corrected chi connectivity index (χ2v) is 9.96. The smallest absolute Gasteiger partial charge is 0.251 e. The summed E-state index contributed by atoms with van der Waals surface area (Å²) in [4.78, 5) is 17.2. The van der Waals surface area contributed by atoms with E-state index >= 15 is 0 Å². The third kappa shape index (κ3) is 4.64. The predicted molar refractivity (Wildman–Crippen MR) is 133 cm³/mol. The van der Waals surface area contributed by atoms with Gasteiger partial charge in [-0.25, -0.2) is 9.50 Å². The monoisotopic (exact) mass is 474 g/mol. The molecule has 1 fully saturated rings. The fourth-order valence-corrected chi connectivity index (χ4v) is 4.15. The zero-order valence-electron chi connectivity index (χ0n) is 20.6. The summed E-state index contributed by atoms with van der Waals surface area (Å²) in [5.41, 5.74) is 5.95. The Morgan fingerprint density at radius 3 is 2.63 bits per heavy atom. The molecular formula is C26H30N6O3. The minimum Gasteiger partial charge on any atom is -0.389 e. The van der Waals surface area contributed by atoms with Crippen molar-refractivity contribution in [3.8, 4) is 22.5 Å². The molecule has 1 aliphatic carbocycles. The van der Waals surface area contributed by atoms with Gasteiger partial charge in [-0.15, -0.1) is 0 Å². The molecule has 0 radical (unpaired) electrons. The van der Waals surface area contributed by atoms with Gasteiger partial charge in [-0.3, -0.25) is 4.79 Å². The Kier molecular flexibility index (Phi) is 5.59. The number of rotatable bonds is 7. The number of carbonyl (C=O) groups excluding carboxylic acids is 1. The summed E-state index contributed by atoms with van der Waals surface area (Å²) in [6.45, 7) is 9.50. The Morgan fingerprint density at radius 1 is 1.23 bits per heavy atom. The van der Waals surface area contributed by atoms with Gasteiger partial charge < -0.3 is 20.3 Å². The van der Waals surface area contributed by atoms with E-state index in [9.17, 15) is 9.90 Å². The molecule has 3 aromatic heterocycles. The number of nitrogens with zero attached hydrogens (tertiary/aromatic N) is 4. The van der Waals surface area contributed by atoms with Crippen LogP contribution < -0.4 is 10.6 Å². The van der Waals surface area contributed by atoms with Gasteiger partial charge in [0.1, 0.15) is 5.76 Å². The summed E-state index contributed by atoms with van der Waals surface area (Å²) in [6, 6.07) is 7.97. The molecule has 9 nitrogen and oxygen atoms in total. The Hall–Kier alpha value is -3.72. The number of aromatic nitrogens is 4. The van der Waals surface area contributed by atoms with Gasteiger partial charge in [0.2, 0.25) is 0 Å². The van der Waals surface area contributed by atoms with E-state index < -0.39 is 5.60 Å². The first-order valence-electron chi connectivity index (χ1n) is 11.8. The maximum Gasteiger partial charge on any atom is 0.251 e. The van der Waals surface area contributed by atoms with E-state index in [4.69, 9.17) is 9.62 Å². The lowest BCUT2D eigenvalue weighted by molar-refractivity contribution is 0.0940. The van der Waals surface area contributed by atoms with Crippen LogP contribution in [-0.2, 0) is 0 Å². The Labute approximate surface area is 203 Å². The predicted octanol–water partition coefficient (Wildman–Crippen LogP) is 4.05. The third-order valence-electron chi connectivity index (χ3n) is 6.15. The van der Waals surface area contributed by atoms with Gasteiger partial charge in [-0.05, 0) is 71.2 Å². The van der Waals surface area contributed by atoms with E-state index in [2.05, 4.69) is 20.8 Å². The molecule has 1 amide bonds. The maximum absolute atomic E-state index is 12.6. The number of amides is 1. The van der Waals surface area contributed by atoms with E-state index in [0.717, 1.165) is 46.6 Å². The lowest BCUT2D eigenvalue weighted by Gasteiger charge is -2.19. The molecule has 0 aliphatic heterocycles. The lowest BCUT2D eigenvalue weighted by atomic mass is 10.0. The minimum atomic E-state index is -0.910.